The summed E-state index contributed by atoms with van der Waals surface area (Å²) in [6.07, 6.45) is 2.54. The Hall–Kier alpha value is -2.36. The second-order valence-corrected chi connectivity index (χ2v) is 3.90. The van der Waals surface area contributed by atoms with Crippen molar-refractivity contribution in [3.8, 4) is 11.5 Å². The number of pyridine rings is 1. The topological polar surface area (TPSA) is 72.0 Å². The van der Waals surface area contributed by atoms with Gasteiger partial charge in [-0.05, 0) is 36.2 Å². The Balaban J connectivity index is 2.15. The van der Waals surface area contributed by atoms with Gasteiger partial charge in [-0.15, -0.1) is 0 Å². The zero-order chi connectivity index (χ0) is 13.0. The summed E-state index contributed by atoms with van der Waals surface area (Å²) in [7, 11) is 0. The first kappa shape index (κ1) is 12.1. The molecule has 0 atom stereocenters. The number of rotatable bonds is 4. The highest BCUT2D eigenvalue weighted by Crippen LogP contribution is 2.21. The van der Waals surface area contributed by atoms with Crippen LogP contribution in [0.1, 0.15) is 18.2 Å². The molecule has 1 aromatic heterocycles. The fraction of sp³-hybridized carbons (Fsp3) is 0.143. The number of nitrogen functional groups attached to an aromatic ring is 1. The van der Waals surface area contributed by atoms with E-state index in [1.165, 1.54) is 5.56 Å². The van der Waals surface area contributed by atoms with Crippen molar-refractivity contribution in [3.05, 3.63) is 53.9 Å². The number of hydrogen-bond acceptors (Lipinski definition) is 3. The molecule has 0 aliphatic heterocycles. The van der Waals surface area contributed by atoms with Gasteiger partial charge in [0.25, 0.3) is 0 Å². The molecule has 0 spiro atoms. The molecule has 2 aromatic rings. The summed E-state index contributed by atoms with van der Waals surface area (Å²) in [6, 6.07) is 11.3. The maximum absolute atomic E-state index is 7.25. The van der Waals surface area contributed by atoms with Crippen LogP contribution in [0.25, 0.3) is 0 Å². The SMILES string of the molecule is CCc1cccc(Oc2ccc(C(=N)N)nc2)c1. The summed E-state index contributed by atoms with van der Waals surface area (Å²) in [5.74, 6) is 1.37. The number of amidine groups is 1. The molecule has 0 unspecified atom stereocenters. The molecule has 4 nitrogen and oxygen atoms in total. The Kier molecular flexibility index (Phi) is 3.57. The zero-order valence-electron chi connectivity index (χ0n) is 10.2. The number of ether oxygens (including phenoxy) is 1. The van der Waals surface area contributed by atoms with E-state index in [-0.39, 0.29) is 5.84 Å². The molecule has 92 valence electrons. The van der Waals surface area contributed by atoms with E-state index in [0.29, 0.717) is 11.4 Å². The third-order valence-electron chi connectivity index (χ3n) is 2.55. The van der Waals surface area contributed by atoms with Gasteiger partial charge in [0.05, 0.1) is 6.20 Å². The van der Waals surface area contributed by atoms with E-state index in [2.05, 4.69) is 18.0 Å². The van der Waals surface area contributed by atoms with Crippen LogP contribution in [0.3, 0.4) is 0 Å². The lowest BCUT2D eigenvalue weighted by Gasteiger charge is -2.07. The molecule has 3 N–H and O–H groups in total. The van der Waals surface area contributed by atoms with Crippen molar-refractivity contribution in [2.24, 2.45) is 5.73 Å². The lowest BCUT2D eigenvalue weighted by atomic mass is 10.2. The number of aryl methyl sites for hydroxylation is 1. The smallest absolute Gasteiger partial charge is 0.145 e. The Bertz CT molecular complexity index is 549. The Morgan fingerprint density at radius 2 is 2.11 bits per heavy atom. The average Bonchev–Trinajstić information content (AvgIpc) is 2.39. The van der Waals surface area contributed by atoms with Crippen LogP contribution in [0.2, 0.25) is 0 Å². The molecule has 0 amide bonds. The van der Waals surface area contributed by atoms with E-state index < -0.39 is 0 Å². The van der Waals surface area contributed by atoms with Crippen molar-refractivity contribution in [1.29, 1.82) is 5.41 Å². The molecule has 0 radical (unpaired) electrons. The first-order chi connectivity index (χ1) is 8.69. The molecule has 0 fully saturated rings. The van der Waals surface area contributed by atoms with Crippen LogP contribution in [-0.4, -0.2) is 10.8 Å². The number of benzene rings is 1. The van der Waals surface area contributed by atoms with E-state index in [1.807, 2.05) is 18.2 Å². The van der Waals surface area contributed by atoms with Crippen molar-refractivity contribution < 1.29 is 4.74 Å². The van der Waals surface area contributed by atoms with E-state index >= 15 is 0 Å². The standard InChI is InChI=1S/C14H15N3O/c1-2-10-4-3-5-11(8-10)18-12-6-7-13(14(15)16)17-9-12/h3-9H,2H2,1H3,(H3,15,16). The summed E-state index contributed by atoms with van der Waals surface area (Å²) < 4.78 is 5.68. The molecule has 18 heavy (non-hydrogen) atoms. The van der Waals surface area contributed by atoms with Crippen LogP contribution in [0, 0.1) is 5.41 Å². The maximum atomic E-state index is 7.25. The lowest BCUT2D eigenvalue weighted by Crippen LogP contribution is -2.12. The Labute approximate surface area is 106 Å². The van der Waals surface area contributed by atoms with Crippen LogP contribution in [0.4, 0.5) is 0 Å². The third kappa shape index (κ3) is 2.85. The average molecular weight is 241 g/mol. The molecule has 0 aliphatic carbocycles. The first-order valence-corrected chi connectivity index (χ1v) is 5.76. The van der Waals surface area contributed by atoms with Gasteiger partial charge in [0.15, 0.2) is 0 Å². The van der Waals surface area contributed by atoms with Crippen LogP contribution in [-0.2, 0) is 6.42 Å². The fourth-order valence-corrected chi connectivity index (χ4v) is 1.56. The van der Waals surface area contributed by atoms with Gasteiger partial charge in [0.1, 0.15) is 23.0 Å². The molecule has 0 saturated heterocycles. The van der Waals surface area contributed by atoms with Gasteiger partial charge in [-0.1, -0.05) is 19.1 Å². The molecule has 2 rings (SSSR count). The third-order valence-corrected chi connectivity index (χ3v) is 2.55. The fourth-order valence-electron chi connectivity index (χ4n) is 1.56. The summed E-state index contributed by atoms with van der Waals surface area (Å²) in [6.45, 7) is 2.10. The second kappa shape index (κ2) is 5.31. The zero-order valence-corrected chi connectivity index (χ0v) is 10.2. The van der Waals surface area contributed by atoms with Gasteiger partial charge in [0.2, 0.25) is 0 Å². The summed E-state index contributed by atoms with van der Waals surface area (Å²) in [5, 5.41) is 7.25. The highest BCUT2D eigenvalue weighted by atomic mass is 16.5. The van der Waals surface area contributed by atoms with E-state index in [9.17, 15) is 0 Å². The number of hydrogen-bond donors (Lipinski definition) is 2. The molecule has 1 heterocycles. The monoisotopic (exact) mass is 241 g/mol. The van der Waals surface area contributed by atoms with Crippen LogP contribution < -0.4 is 10.5 Å². The number of aromatic nitrogens is 1. The predicted octanol–water partition coefficient (Wildman–Crippen LogP) is 2.72. The van der Waals surface area contributed by atoms with E-state index in [0.717, 1.165) is 12.2 Å². The minimum atomic E-state index is -0.0467. The minimum Gasteiger partial charge on any atom is -0.456 e. The molecule has 0 saturated carbocycles. The van der Waals surface area contributed by atoms with Crippen LogP contribution >= 0.6 is 0 Å². The van der Waals surface area contributed by atoms with Crippen molar-refractivity contribution in [2.75, 3.05) is 0 Å². The highest BCUT2D eigenvalue weighted by Gasteiger charge is 2.01. The molecule has 1 aromatic carbocycles. The number of nitrogens with two attached hydrogens (primary N) is 1. The van der Waals surface area contributed by atoms with Gasteiger partial charge in [-0.2, -0.15) is 0 Å². The van der Waals surface area contributed by atoms with Gasteiger partial charge >= 0.3 is 0 Å². The second-order valence-electron chi connectivity index (χ2n) is 3.90. The molecule has 4 heteroatoms. The van der Waals surface area contributed by atoms with Gasteiger partial charge in [0, 0.05) is 0 Å². The number of nitrogens with one attached hydrogen (secondary N) is 1. The highest BCUT2D eigenvalue weighted by molar-refractivity contribution is 5.92. The van der Waals surface area contributed by atoms with Crippen molar-refractivity contribution in [2.45, 2.75) is 13.3 Å². The predicted molar refractivity (Wildman–Crippen MR) is 71.1 cm³/mol. The van der Waals surface area contributed by atoms with Crippen LogP contribution in [0.5, 0.6) is 11.5 Å². The summed E-state index contributed by atoms with van der Waals surface area (Å²) in [5.41, 5.74) is 7.01. The van der Waals surface area contributed by atoms with Crippen LogP contribution in [0.15, 0.2) is 42.6 Å². The largest absolute Gasteiger partial charge is 0.456 e. The van der Waals surface area contributed by atoms with Gasteiger partial charge in [-0.3, -0.25) is 5.41 Å². The van der Waals surface area contributed by atoms with Crippen molar-refractivity contribution >= 4 is 5.84 Å². The van der Waals surface area contributed by atoms with E-state index in [1.54, 1.807) is 18.3 Å². The molecular formula is C14H15N3O. The molecule has 0 aliphatic rings. The Morgan fingerprint density at radius 1 is 1.28 bits per heavy atom. The molecular weight excluding hydrogens is 226 g/mol. The lowest BCUT2D eigenvalue weighted by molar-refractivity contribution is 0.479. The first-order valence-electron chi connectivity index (χ1n) is 5.76. The van der Waals surface area contributed by atoms with Crippen molar-refractivity contribution in [1.82, 2.24) is 4.98 Å². The van der Waals surface area contributed by atoms with Crippen molar-refractivity contribution in [3.63, 3.8) is 0 Å². The summed E-state index contributed by atoms with van der Waals surface area (Å²) in [4.78, 5) is 4.04. The summed E-state index contributed by atoms with van der Waals surface area (Å²) >= 11 is 0. The Morgan fingerprint density at radius 3 is 2.72 bits per heavy atom. The normalized spacial score (nSPS) is 10.1. The minimum absolute atomic E-state index is 0.0467. The van der Waals surface area contributed by atoms with Gasteiger partial charge in [-0.25, -0.2) is 4.98 Å². The number of nitrogens with zero attached hydrogens (tertiary/aromatic N) is 1. The van der Waals surface area contributed by atoms with Gasteiger partial charge < -0.3 is 10.5 Å². The molecule has 0 bridgehead atoms. The quantitative estimate of drug-likeness (QED) is 0.638. The van der Waals surface area contributed by atoms with E-state index in [4.69, 9.17) is 15.9 Å². The maximum Gasteiger partial charge on any atom is 0.145 e.